The van der Waals surface area contributed by atoms with Crippen molar-refractivity contribution in [2.75, 3.05) is 13.2 Å². The molecule has 0 aliphatic carbocycles. The molecule has 2 aromatic rings. The number of halogens is 2. The Labute approximate surface area is 161 Å². The van der Waals surface area contributed by atoms with Crippen LogP contribution in [0.1, 0.15) is 18.1 Å². The van der Waals surface area contributed by atoms with Gasteiger partial charge >= 0.3 is 0 Å². The fraction of sp³-hybridized carbons (Fsp3) is 0.211. The van der Waals surface area contributed by atoms with Crippen LogP contribution in [0, 0.1) is 22.8 Å². The predicted molar refractivity (Wildman–Crippen MR) is 108 cm³/mol. The Bertz CT molecular complexity index is 797. The summed E-state index contributed by atoms with van der Waals surface area (Å²) in [5, 5.41) is 0.662. The van der Waals surface area contributed by atoms with Crippen LogP contribution in [-0.4, -0.2) is 19.4 Å². The van der Waals surface area contributed by atoms with Gasteiger partial charge in [-0.2, -0.15) is 0 Å². The molecule has 0 atom stereocenters. The van der Waals surface area contributed by atoms with Crippen molar-refractivity contribution in [2.24, 2.45) is 4.99 Å². The number of hydrogen-bond acceptors (Lipinski definition) is 3. The first kappa shape index (κ1) is 18.6. The SMILES string of the molecule is C#CCOc1c(I)cc(C=Nc2cc(Cl)ccc2C)cc1OCC. The molecule has 0 radical (unpaired) electrons. The number of rotatable bonds is 6. The van der Waals surface area contributed by atoms with Gasteiger partial charge in [-0.3, -0.25) is 4.99 Å². The Morgan fingerprint density at radius 1 is 1.29 bits per heavy atom. The van der Waals surface area contributed by atoms with Crippen LogP contribution in [0.2, 0.25) is 5.02 Å². The summed E-state index contributed by atoms with van der Waals surface area (Å²) >= 11 is 8.23. The Morgan fingerprint density at radius 3 is 2.79 bits per heavy atom. The van der Waals surface area contributed by atoms with E-state index in [-0.39, 0.29) is 6.61 Å². The van der Waals surface area contributed by atoms with Gasteiger partial charge in [0, 0.05) is 11.2 Å². The largest absolute Gasteiger partial charge is 0.490 e. The quantitative estimate of drug-likeness (QED) is 0.332. The highest BCUT2D eigenvalue weighted by molar-refractivity contribution is 14.1. The Hall–Kier alpha value is -1.71. The van der Waals surface area contributed by atoms with E-state index in [1.54, 1.807) is 6.21 Å². The number of terminal acetylenes is 1. The molecule has 0 fully saturated rings. The zero-order valence-electron chi connectivity index (χ0n) is 13.5. The highest BCUT2D eigenvalue weighted by Gasteiger charge is 2.11. The number of hydrogen-bond donors (Lipinski definition) is 0. The molecule has 0 aliphatic heterocycles. The second-order valence-corrected chi connectivity index (χ2v) is 6.54. The van der Waals surface area contributed by atoms with E-state index in [1.165, 1.54) is 0 Å². The van der Waals surface area contributed by atoms with Gasteiger partial charge < -0.3 is 9.47 Å². The summed E-state index contributed by atoms with van der Waals surface area (Å²) in [6, 6.07) is 9.50. The molecule has 0 saturated carbocycles. The maximum absolute atomic E-state index is 6.03. The first-order valence-corrected chi connectivity index (χ1v) is 8.83. The molecule has 0 aliphatic rings. The maximum Gasteiger partial charge on any atom is 0.175 e. The summed E-state index contributed by atoms with van der Waals surface area (Å²) in [5.74, 6) is 3.78. The highest BCUT2D eigenvalue weighted by Crippen LogP contribution is 2.34. The molecule has 2 aromatic carbocycles. The summed E-state index contributed by atoms with van der Waals surface area (Å²) in [6.45, 7) is 4.66. The van der Waals surface area contributed by atoms with E-state index >= 15 is 0 Å². The van der Waals surface area contributed by atoms with Gasteiger partial charge in [-0.1, -0.05) is 23.6 Å². The number of nitrogens with zero attached hydrogens (tertiary/aromatic N) is 1. The number of benzene rings is 2. The van der Waals surface area contributed by atoms with Gasteiger partial charge in [0.05, 0.1) is 15.9 Å². The monoisotopic (exact) mass is 453 g/mol. The second kappa shape index (κ2) is 8.95. The molecule has 0 amide bonds. The van der Waals surface area contributed by atoms with E-state index < -0.39 is 0 Å². The first-order valence-electron chi connectivity index (χ1n) is 7.38. The van der Waals surface area contributed by atoms with Gasteiger partial charge in [-0.25, -0.2) is 0 Å². The fourth-order valence-corrected chi connectivity index (χ4v) is 2.99. The van der Waals surface area contributed by atoms with Crippen molar-refractivity contribution in [3.8, 4) is 23.8 Å². The van der Waals surface area contributed by atoms with E-state index in [0.29, 0.717) is 23.1 Å². The normalized spacial score (nSPS) is 10.6. The second-order valence-electron chi connectivity index (χ2n) is 4.94. The third-order valence-corrected chi connectivity index (χ3v) is 4.19. The fourth-order valence-electron chi connectivity index (χ4n) is 2.05. The van der Waals surface area contributed by atoms with Gasteiger partial charge in [0.2, 0.25) is 0 Å². The molecular weight excluding hydrogens is 437 g/mol. The third kappa shape index (κ3) is 4.89. The summed E-state index contributed by atoms with van der Waals surface area (Å²) in [5.41, 5.74) is 2.81. The molecule has 0 bridgehead atoms. The zero-order chi connectivity index (χ0) is 17.5. The van der Waals surface area contributed by atoms with E-state index in [2.05, 4.69) is 33.5 Å². The smallest absolute Gasteiger partial charge is 0.175 e. The molecule has 2 rings (SSSR count). The average Bonchev–Trinajstić information content (AvgIpc) is 2.55. The van der Waals surface area contributed by atoms with Crippen LogP contribution in [0.15, 0.2) is 35.3 Å². The summed E-state index contributed by atoms with van der Waals surface area (Å²) in [7, 11) is 0. The van der Waals surface area contributed by atoms with E-state index in [0.717, 1.165) is 20.4 Å². The Kier molecular flexibility index (Phi) is 6.95. The number of aryl methyl sites for hydroxylation is 1. The molecule has 124 valence electrons. The average molecular weight is 454 g/mol. The minimum atomic E-state index is 0.200. The van der Waals surface area contributed by atoms with Crippen molar-refractivity contribution in [1.82, 2.24) is 0 Å². The molecule has 0 saturated heterocycles. The van der Waals surface area contributed by atoms with Crippen LogP contribution in [-0.2, 0) is 0 Å². The summed E-state index contributed by atoms with van der Waals surface area (Å²) in [6.07, 6.45) is 7.05. The Morgan fingerprint density at radius 2 is 2.08 bits per heavy atom. The first-order chi connectivity index (χ1) is 11.5. The van der Waals surface area contributed by atoms with Crippen molar-refractivity contribution in [1.29, 1.82) is 0 Å². The van der Waals surface area contributed by atoms with Crippen LogP contribution in [0.3, 0.4) is 0 Å². The van der Waals surface area contributed by atoms with Gasteiger partial charge in [0.1, 0.15) is 6.61 Å². The molecule has 0 unspecified atom stereocenters. The summed E-state index contributed by atoms with van der Waals surface area (Å²) in [4.78, 5) is 4.53. The van der Waals surface area contributed by atoms with Crippen molar-refractivity contribution < 1.29 is 9.47 Å². The molecule has 24 heavy (non-hydrogen) atoms. The predicted octanol–water partition coefficient (Wildman–Crippen LogP) is 5.41. The van der Waals surface area contributed by atoms with Crippen molar-refractivity contribution in [2.45, 2.75) is 13.8 Å². The van der Waals surface area contributed by atoms with Crippen LogP contribution < -0.4 is 9.47 Å². The lowest BCUT2D eigenvalue weighted by Gasteiger charge is -2.13. The molecule has 0 heterocycles. The molecule has 3 nitrogen and oxygen atoms in total. The summed E-state index contributed by atoms with van der Waals surface area (Å²) < 4.78 is 12.2. The Balaban J connectivity index is 2.35. The third-order valence-electron chi connectivity index (χ3n) is 3.16. The van der Waals surface area contributed by atoms with Crippen LogP contribution in [0.5, 0.6) is 11.5 Å². The van der Waals surface area contributed by atoms with Crippen LogP contribution in [0.25, 0.3) is 0 Å². The van der Waals surface area contributed by atoms with Crippen LogP contribution >= 0.6 is 34.2 Å². The van der Waals surface area contributed by atoms with Crippen LogP contribution in [0.4, 0.5) is 5.69 Å². The molecule has 0 aromatic heterocycles. The number of ether oxygens (including phenoxy) is 2. The van der Waals surface area contributed by atoms with Gasteiger partial charge in [-0.05, 0) is 71.8 Å². The van der Waals surface area contributed by atoms with Crippen molar-refractivity contribution in [3.63, 3.8) is 0 Å². The van der Waals surface area contributed by atoms with Crippen molar-refractivity contribution in [3.05, 3.63) is 50.1 Å². The van der Waals surface area contributed by atoms with E-state index in [1.807, 2.05) is 44.2 Å². The van der Waals surface area contributed by atoms with E-state index in [9.17, 15) is 0 Å². The highest BCUT2D eigenvalue weighted by atomic mass is 127. The number of aliphatic imine (C=N–C) groups is 1. The minimum absolute atomic E-state index is 0.200. The topological polar surface area (TPSA) is 30.8 Å². The lowest BCUT2D eigenvalue weighted by molar-refractivity contribution is 0.298. The maximum atomic E-state index is 6.03. The van der Waals surface area contributed by atoms with Gasteiger partial charge in [0.15, 0.2) is 11.5 Å². The zero-order valence-corrected chi connectivity index (χ0v) is 16.4. The lowest BCUT2D eigenvalue weighted by atomic mass is 10.2. The van der Waals surface area contributed by atoms with E-state index in [4.69, 9.17) is 27.5 Å². The molecular formula is C19H17ClINO2. The standard InChI is InChI=1S/C19H17ClINO2/c1-4-8-24-19-16(21)9-14(10-18(19)23-5-2)12-22-17-11-15(20)7-6-13(17)3/h1,6-7,9-12H,5,8H2,2-3H3. The van der Waals surface area contributed by atoms with Gasteiger partial charge in [0.25, 0.3) is 0 Å². The lowest BCUT2D eigenvalue weighted by Crippen LogP contribution is -2.02. The molecule has 5 heteroatoms. The molecule has 0 N–H and O–H groups in total. The van der Waals surface area contributed by atoms with Gasteiger partial charge in [-0.15, -0.1) is 6.42 Å². The van der Waals surface area contributed by atoms with Crippen molar-refractivity contribution >= 4 is 46.1 Å². The molecule has 0 spiro atoms. The minimum Gasteiger partial charge on any atom is -0.490 e.